The van der Waals surface area contributed by atoms with Crippen molar-refractivity contribution in [1.29, 1.82) is 0 Å². The average Bonchev–Trinajstić information content (AvgIpc) is 3.47. The molecule has 0 aliphatic heterocycles. The maximum atomic E-state index is 12.5. The Morgan fingerprint density at radius 1 is 1.25 bits per heavy atom. The maximum Gasteiger partial charge on any atom is 0.319 e. The van der Waals surface area contributed by atoms with Gasteiger partial charge in [0.15, 0.2) is 0 Å². The smallest absolute Gasteiger partial charge is 0.319 e. The van der Waals surface area contributed by atoms with Crippen LogP contribution in [0.25, 0.3) is 11.3 Å². The average molecular weight is 328 g/mol. The molecule has 2 fully saturated rings. The molecule has 2 atom stereocenters. The van der Waals surface area contributed by atoms with Crippen molar-refractivity contribution in [2.24, 2.45) is 18.9 Å². The molecule has 0 radical (unpaired) electrons. The second kappa shape index (κ2) is 5.58. The van der Waals surface area contributed by atoms with Crippen LogP contribution in [0.2, 0.25) is 0 Å². The van der Waals surface area contributed by atoms with Crippen LogP contribution in [0, 0.1) is 11.8 Å². The van der Waals surface area contributed by atoms with Crippen molar-refractivity contribution in [1.82, 2.24) is 19.7 Å². The van der Waals surface area contributed by atoms with Crippen molar-refractivity contribution in [3.8, 4) is 23.1 Å². The van der Waals surface area contributed by atoms with Crippen LogP contribution in [0.5, 0.6) is 11.9 Å². The fourth-order valence-electron chi connectivity index (χ4n) is 3.43. The Hall–Kier alpha value is -2.44. The van der Waals surface area contributed by atoms with Gasteiger partial charge in [0.05, 0.1) is 25.5 Å². The first-order chi connectivity index (χ1) is 11.6. The van der Waals surface area contributed by atoms with Crippen LogP contribution >= 0.6 is 0 Å². The molecule has 2 aromatic heterocycles. The van der Waals surface area contributed by atoms with Gasteiger partial charge in [-0.2, -0.15) is 10.1 Å². The molecule has 126 valence electrons. The summed E-state index contributed by atoms with van der Waals surface area (Å²) in [7, 11) is 4.72. The molecule has 0 spiro atoms. The van der Waals surface area contributed by atoms with Crippen LogP contribution in [-0.2, 0) is 7.05 Å². The summed E-state index contributed by atoms with van der Waals surface area (Å²) in [4.78, 5) is 20.8. The number of aryl methyl sites for hydroxylation is 1. The molecule has 0 saturated heterocycles. The van der Waals surface area contributed by atoms with Gasteiger partial charge in [-0.25, -0.2) is 9.67 Å². The summed E-state index contributed by atoms with van der Waals surface area (Å²) in [5, 5.41) is 4.37. The van der Waals surface area contributed by atoms with Gasteiger partial charge in [-0.15, -0.1) is 0 Å². The Labute approximate surface area is 139 Å². The molecule has 2 aliphatic rings. The third kappa shape index (κ3) is 2.53. The van der Waals surface area contributed by atoms with E-state index in [1.807, 2.05) is 6.07 Å². The standard InChI is InChI=1S/C17H20N4O3/c1-21-16(22)12(11-6-10(11)9-4-5-9)7-14(20-21)13-8-18-17(24-3)19-15(13)23-2/h7-11H,4-6H2,1-3H3. The highest BCUT2D eigenvalue weighted by atomic mass is 16.5. The van der Waals surface area contributed by atoms with Crippen molar-refractivity contribution in [2.75, 3.05) is 14.2 Å². The summed E-state index contributed by atoms with van der Waals surface area (Å²) in [6, 6.07) is 2.11. The van der Waals surface area contributed by atoms with Gasteiger partial charge in [-0.1, -0.05) is 0 Å². The van der Waals surface area contributed by atoms with Crippen LogP contribution in [0.3, 0.4) is 0 Å². The second-order valence-electron chi connectivity index (χ2n) is 6.54. The lowest BCUT2D eigenvalue weighted by molar-refractivity contribution is 0.353. The summed E-state index contributed by atoms with van der Waals surface area (Å²) >= 11 is 0. The van der Waals surface area contributed by atoms with Gasteiger partial charge < -0.3 is 9.47 Å². The largest absolute Gasteiger partial charge is 0.480 e. The monoisotopic (exact) mass is 328 g/mol. The van der Waals surface area contributed by atoms with Crippen molar-refractivity contribution < 1.29 is 9.47 Å². The van der Waals surface area contributed by atoms with Crippen molar-refractivity contribution in [2.45, 2.75) is 25.2 Å². The first kappa shape index (κ1) is 15.1. The van der Waals surface area contributed by atoms with E-state index < -0.39 is 0 Å². The van der Waals surface area contributed by atoms with E-state index in [1.165, 1.54) is 31.7 Å². The topological polar surface area (TPSA) is 79.1 Å². The molecule has 24 heavy (non-hydrogen) atoms. The number of hydrogen-bond donors (Lipinski definition) is 0. The first-order valence-electron chi connectivity index (χ1n) is 8.16. The minimum Gasteiger partial charge on any atom is -0.480 e. The molecule has 2 saturated carbocycles. The number of methoxy groups -OCH3 is 2. The summed E-state index contributed by atoms with van der Waals surface area (Å²) < 4.78 is 11.8. The van der Waals surface area contributed by atoms with Crippen LogP contribution in [0.1, 0.15) is 30.7 Å². The molecule has 0 aromatic carbocycles. The van der Waals surface area contributed by atoms with Gasteiger partial charge in [0, 0.05) is 18.8 Å². The third-order valence-corrected chi connectivity index (χ3v) is 4.94. The summed E-state index contributed by atoms with van der Waals surface area (Å²) in [6.07, 6.45) is 5.34. The predicted octanol–water partition coefficient (Wildman–Crippen LogP) is 1.77. The molecule has 2 unspecified atom stereocenters. The number of aromatic nitrogens is 4. The normalized spacial score (nSPS) is 22.3. The Kier molecular flexibility index (Phi) is 3.51. The lowest BCUT2D eigenvalue weighted by atomic mass is 10.1. The third-order valence-electron chi connectivity index (χ3n) is 4.94. The number of nitrogens with zero attached hydrogens (tertiary/aromatic N) is 4. The lowest BCUT2D eigenvalue weighted by Gasteiger charge is -2.10. The molecule has 0 N–H and O–H groups in total. The van der Waals surface area contributed by atoms with Gasteiger partial charge in [-0.3, -0.25) is 4.79 Å². The zero-order valence-corrected chi connectivity index (χ0v) is 14.0. The Morgan fingerprint density at radius 2 is 2.04 bits per heavy atom. The van der Waals surface area contributed by atoms with E-state index in [2.05, 4.69) is 15.1 Å². The number of rotatable bonds is 5. The molecule has 0 amide bonds. The highest BCUT2D eigenvalue weighted by Crippen LogP contribution is 2.58. The quantitative estimate of drug-likeness (QED) is 0.832. The fourth-order valence-corrected chi connectivity index (χ4v) is 3.43. The minimum absolute atomic E-state index is 0.0136. The molecule has 0 bridgehead atoms. The van der Waals surface area contributed by atoms with Gasteiger partial charge in [-0.05, 0) is 43.1 Å². The zero-order chi connectivity index (χ0) is 16.8. The van der Waals surface area contributed by atoms with E-state index in [4.69, 9.17) is 9.47 Å². The summed E-state index contributed by atoms with van der Waals surface area (Å²) in [5.41, 5.74) is 2.13. The molecular weight excluding hydrogens is 308 g/mol. The van der Waals surface area contributed by atoms with E-state index >= 15 is 0 Å². The highest BCUT2D eigenvalue weighted by molar-refractivity contribution is 5.64. The SMILES string of the molecule is COc1ncc(-c2cc(C3CC3C3CC3)c(=O)n(C)n2)c(OC)n1. The minimum atomic E-state index is -0.0136. The lowest BCUT2D eigenvalue weighted by Crippen LogP contribution is -2.24. The van der Waals surface area contributed by atoms with E-state index in [1.54, 1.807) is 13.2 Å². The maximum absolute atomic E-state index is 12.5. The number of ether oxygens (including phenoxy) is 2. The summed E-state index contributed by atoms with van der Waals surface area (Å²) in [5.74, 6) is 2.23. The van der Waals surface area contributed by atoms with E-state index in [0.717, 1.165) is 17.9 Å². The van der Waals surface area contributed by atoms with Gasteiger partial charge in [0.2, 0.25) is 5.88 Å². The van der Waals surface area contributed by atoms with Crippen LogP contribution in [-0.4, -0.2) is 34.0 Å². The molecule has 7 heteroatoms. The fraction of sp³-hybridized carbons (Fsp3) is 0.529. The zero-order valence-electron chi connectivity index (χ0n) is 14.0. The van der Waals surface area contributed by atoms with Gasteiger partial charge in [0.25, 0.3) is 5.56 Å². The first-order valence-corrected chi connectivity index (χ1v) is 8.16. The number of hydrogen-bond acceptors (Lipinski definition) is 6. The van der Waals surface area contributed by atoms with Crippen LogP contribution in [0.15, 0.2) is 17.1 Å². The Balaban J connectivity index is 1.76. The van der Waals surface area contributed by atoms with Gasteiger partial charge in [0.1, 0.15) is 0 Å². The Bertz CT molecular complexity index is 844. The van der Waals surface area contributed by atoms with Gasteiger partial charge >= 0.3 is 6.01 Å². The van der Waals surface area contributed by atoms with E-state index in [-0.39, 0.29) is 11.6 Å². The molecule has 2 aliphatic carbocycles. The highest BCUT2D eigenvalue weighted by Gasteiger charge is 2.49. The molecule has 2 heterocycles. The molecular formula is C17H20N4O3. The van der Waals surface area contributed by atoms with Crippen molar-refractivity contribution in [3.63, 3.8) is 0 Å². The van der Waals surface area contributed by atoms with Crippen LogP contribution < -0.4 is 15.0 Å². The second-order valence-corrected chi connectivity index (χ2v) is 6.54. The van der Waals surface area contributed by atoms with Crippen molar-refractivity contribution in [3.05, 3.63) is 28.2 Å². The summed E-state index contributed by atoms with van der Waals surface area (Å²) in [6.45, 7) is 0. The Morgan fingerprint density at radius 3 is 2.71 bits per heavy atom. The van der Waals surface area contributed by atoms with Crippen LogP contribution in [0.4, 0.5) is 0 Å². The molecule has 4 rings (SSSR count). The van der Waals surface area contributed by atoms with Crippen molar-refractivity contribution >= 4 is 0 Å². The predicted molar refractivity (Wildman–Crippen MR) is 87.2 cm³/mol. The molecule has 7 nitrogen and oxygen atoms in total. The molecule has 2 aromatic rings. The van der Waals surface area contributed by atoms with E-state index in [0.29, 0.717) is 29.0 Å². The van der Waals surface area contributed by atoms with E-state index in [9.17, 15) is 4.79 Å².